The zero-order valence-corrected chi connectivity index (χ0v) is 11.6. The Labute approximate surface area is 117 Å². The number of anilines is 1. The highest BCUT2D eigenvalue weighted by Crippen LogP contribution is 2.28. The van der Waals surface area contributed by atoms with Crippen LogP contribution in [-0.4, -0.2) is 21.1 Å². The highest BCUT2D eigenvalue weighted by molar-refractivity contribution is 5.91. The molecule has 4 rings (SSSR count). The van der Waals surface area contributed by atoms with E-state index < -0.39 is 0 Å². The van der Waals surface area contributed by atoms with Crippen molar-refractivity contribution in [2.45, 2.75) is 26.2 Å². The maximum atomic E-state index is 4.74. The molecule has 1 fully saturated rings. The molecule has 1 aromatic carbocycles. The van der Waals surface area contributed by atoms with Crippen molar-refractivity contribution in [3.63, 3.8) is 0 Å². The average molecular weight is 266 g/mol. The number of nitrogens with one attached hydrogen (secondary N) is 1. The second-order valence-electron chi connectivity index (χ2n) is 5.71. The summed E-state index contributed by atoms with van der Waals surface area (Å²) in [6, 6.07) is 10.4. The molecule has 2 aromatic heterocycles. The standard InChI is InChI=1S/C16H18N4/c1-11-9-15-18-16(17-10-12-5-4-6-12)13-7-2-3-8-14(13)20(15)19-11/h2-3,7-9,12H,4-6,10H2,1H3,(H,17,18). The van der Waals surface area contributed by atoms with Crippen LogP contribution in [0, 0.1) is 12.8 Å². The Hall–Kier alpha value is -2.10. The smallest absolute Gasteiger partial charge is 0.158 e. The zero-order valence-electron chi connectivity index (χ0n) is 11.6. The summed E-state index contributed by atoms with van der Waals surface area (Å²) >= 11 is 0. The molecule has 1 aliphatic rings. The van der Waals surface area contributed by atoms with E-state index >= 15 is 0 Å². The van der Waals surface area contributed by atoms with Crippen molar-refractivity contribution < 1.29 is 0 Å². The average Bonchev–Trinajstić information content (AvgIpc) is 2.77. The molecule has 1 saturated carbocycles. The second kappa shape index (κ2) is 4.47. The van der Waals surface area contributed by atoms with Crippen molar-refractivity contribution in [2.75, 3.05) is 11.9 Å². The van der Waals surface area contributed by atoms with Crippen molar-refractivity contribution >= 4 is 22.4 Å². The fraction of sp³-hybridized carbons (Fsp3) is 0.375. The van der Waals surface area contributed by atoms with Crippen LogP contribution in [0.2, 0.25) is 0 Å². The van der Waals surface area contributed by atoms with E-state index in [1.807, 2.05) is 17.5 Å². The Balaban J connectivity index is 1.83. The van der Waals surface area contributed by atoms with E-state index in [1.165, 1.54) is 19.3 Å². The molecule has 0 spiro atoms. The molecule has 0 amide bonds. The number of hydrogen-bond donors (Lipinski definition) is 1. The largest absolute Gasteiger partial charge is 0.369 e. The first-order valence-electron chi connectivity index (χ1n) is 7.30. The van der Waals surface area contributed by atoms with Gasteiger partial charge >= 0.3 is 0 Å². The van der Waals surface area contributed by atoms with Crippen LogP contribution < -0.4 is 5.32 Å². The molecule has 4 heteroatoms. The van der Waals surface area contributed by atoms with E-state index in [0.717, 1.165) is 40.5 Å². The first-order valence-corrected chi connectivity index (χ1v) is 7.30. The van der Waals surface area contributed by atoms with Crippen LogP contribution in [0.3, 0.4) is 0 Å². The first kappa shape index (κ1) is 11.7. The molecule has 0 aliphatic heterocycles. The number of aromatic nitrogens is 3. The number of aryl methyl sites for hydroxylation is 1. The molecule has 1 aliphatic carbocycles. The minimum Gasteiger partial charge on any atom is -0.369 e. The van der Waals surface area contributed by atoms with Gasteiger partial charge in [0.2, 0.25) is 0 Å². The zero-order chi connectivity index (χ0) is 13.5. The van der Waals surface area contributed by atoms with Crippen molar-refractivity contribution in [2.24, 2.45) is 5.92 Å². The van der Waals surface area contributed by atoms with Crippen LogP contribution >= 0.6 is 0 Å². The summed E-state index contributed by atoms with van der Waals surface area (Å²) in [6.45, 7) is 3.03. The third-order valence-corrected chi connectivity index (χ3v) is 4.21. The van der Waals surface area contributed by atoms with Gasteiger partial charge < -0.3 is 5.32 Å². The van der Waals surface area contributed by atoms with E-state index in [1.54, 1.807) is 0 Å². The lowest BCUT2D eigenvalue weighted by molar-refractivity contribution is 0.333. The van der Waals surface area contributed by atoms with Crippen molar-refractivity contribution in [3.05, 3.63) is 36.0 Å². The molecule has 0 radical (unpaired) electrons. The Morgan fingerprint density at radius 3 is 2.95 bits per heavy atom. The molecule has 1 N–H and O–H groups in total. The van der Waals surface area contributed by atoms with Gasteiger partial charge in [-0.2, -0.15) is 5.10 Å². The molecule has 20 heavy (non-hydrogen) atoms. The lowest BCUT2D eigenvalue weighted by Crippen LogP contribution is -2.21. The maximum Gasteiger partial charge on any atom is 0.158 e. The van der Waals surface area contributed by atoms with Gasteiger partial charge in [-0.25, -0.2) is 9.50 Å². The van der Waals surface area contributed by atoms with Gasteiger partial charge in [0.25, 0.3) is 0 Å². The molecule has 0 bridgehead atoms. The third kappa shape index (κ3) is 1.83. The topological polar surface area (TPSA) is 42.2 Å². The summed E-state index contributed by atoms with van der Waals surface area (Å²) in [5.74, 6) is 1.80. The molecule has 102 valence electrons. The van der Waals surface area contributed by atoms with E-state index in [-0.39, 0.29) is 0 Å². The van der Waals surface area contributed by atoms with Gasteiger partial charge in [0.1, 0.15) is 5.82 Å². The van der Waals surface area contributed by atoms with Crippen LogP contribution in [0.4, 0.5) is 5.82 Å². The summed E-state index contributed by atoms with van der Waals surface area (Å²) in [7, 11) is 0. The Bertz CT molecular complexity index is 771. The number of benzene rings is 1. The van der Waals surface area contributed by atoms with Crippen LogP contribution in [0.25, 0.3) is 16.6 Å². The first-order chi connectivity index (χ1) is 9.81. The number of fused-ring (bicyclic) bond motifs is 3. The van der Waals surface area contributed by atoms with E-state index in [9.17, 15) is 0 Å². The quantitative estimate of drug-likeness (QED) is 0.790. The lowest BCUT2D eigenvalue weighted by Gasteiger charge is -2.25. The van der Waals surface area contributed by atoms with Crippen molar-refractivity contribution in [1.29, 1.82) is 0 Å². The minimum absolute atomic E-state index is 0.818. The second-order valence-corrected chi connectivity index (χ2v) is 5.71. The molecule has 3 aromatic rings. The summed E-state index contributed by atoms with van der Waals surface area (Å²) in [5, 5.41) is 9.21. The minimum atomic E-state index is 0.818. The van der Waals surface area contributed by atoms with Gasteiger partial charge in [-0.15, -0.1) is 0 Å². The molecule has 0 saturated heterocycles. The molecule has 0 atom stereocenters. The fourth-order valence-electron chi connectivity index (χ4n) is 2.85. The predicted molar refractivity (Wildman–Crippen MR) is 81.1 cm³/mol. The normalized spacial score (nSPS) is 15.7. The van der Waals surface area contributed by atoms with E-state index in [2.05, 4.69) is 34.7 Å². The van der Waals surface area contributed by atoms with E-state index in [4.69, 9.17) is 4.98 Å². The van der Waals surface area contributed by atoms with Gasteiger partial charge in [-0.05, 0) is 37.8 Å². The van der Waals surface area contributed by atoms with Crippen LogP contribution in [0.15, 0.2) is 30.3 Å². The van der Waals surface area contributed by atoms with Gasteiger partial charge in [0.05, 0.1) is 11.2 Å². The van der Waals surface area contributed by atoms with Gasteiger partial charge in [-0.3, -0.25) is 0 Å². The third-order valence-electron chi connectivity index (χ3n) is 4.21. The van der Waals surface area contributed by atoms with Crippen LogP contribution in [0.5, 0.6) is 0 Å². The SMILES string of the molecule is Cc1cc2nc(NCC3CCC3)c3ccccc3n2n1. The summed E-state index contributed by atoms with van der Waals surface area (Å²) in [6.07, 6.45) is 4.07. The summed E-state index contributed by atoms with van der Waals surface area (Å²) in [4.78, 5) is 4.74. The van der Waals surface area contributed by atoms with E-state index in [0.29, 0.717) is 0 Å². The number of nitrogens with zero attached hydrogens (tertiary/aromatic N) is 3. The summed E-state index contributed by atoms with van der Waals surface area (Å²) < 4.78 is 1.93. The predicted octanol–water partition coefficient (Wildman–Crippen LogP) is 3.40. The van der Waals surface area contributed by atoms with Gasteiger partial charge in [0, 0.05) is 18.0 Å². The molecule has 4 nitrogen and oxygen atoms in total. The molecular weight excluding hydrogens is 248 g/mol. The number of para-hydroxylation sites is 1. The maximum absolute atomic E-state index is 4.74. The molecule has 2 heterocycles. The number of rotatable bonds is 3. The lowest BCUT2D eigenvalue weighted by atomic mass is 9.85. The Morgan fingerprint density at radius 2 is 2.15 bits per heavy atom. The monoisotopic (exact) mass is 266 g/mol. The van der Waals surface area contributed by atoms with Gasteiger partial charge in [0.15, 0.2) is 5.65 Å². The Kier molecular flexibility index (Phi) is 2.62. The highest BCUT2D eigenvalue weighted by atomic mass is 15.3. The molecular formula is C16H18N4. The van der Waals surface area contributed by atoms with Crippen LogP contribution in [0.1, 0.15) is 25.0 Å². The van der Waals surface area contributed by atoms with Crippen molar-refractivity contribution in [1.82, 2.24) is 14.6 Å². The van der Waals surface area contributed by atoms with Crippen LogP contribution in [-0.2, 0) is 0 Å². The molecule has 0 unspecified atom stereocenters. The summed E-state index contributed by atoms with van der Waals surface area (Å²) in [5.41, 5.74) is 3.03. The fourth-order valence-corrected chi connectivity index (χ4v) is 2.85. The Morgan fingerprint density at radius 1 is 1.30 bits per heavy atom. The number of hydrogen-bond acceptors (Lipinski definition) is 3. The van der Waals surface area contributed by atoms with Gasteiger partial charge in [-0.1, -0.05) is 18.6 Å². The highest BCUT2D eigenvalue weighted by Gasteiger charge is 2.18. The van der Waals surface area contributed by atoms with Crippen molar-refractivity contribution in [3.8, 4) is 0 Å².